The van der Waals surface area contributed by atoms with Crippen molar-refractivity contribution in [2.75, 3.05) is 0 Å². The van der Waals surface area contributed by atoms with Crippen LogP contribution in [0.5, 0.6) is 0 Å². The Kier molecular flexibility index (Phi) is 4.88. The van der Waals surface area contributed by atoms with E-state index in [9.17, 15) is 13.2 Å². The van der Waals surface area contributed by atoms with Gasteiger partial charge in [-0.3, -0.25) is 0 Å². The van der Waals surface area contributed by atoms with E-state index in [-0.39, 0.29) is 10.5 Å². The molecular formula is C20H17NO4S. The van der Waals surface area contributed by atoms with Crippen LogP contribution in [0.15, 0.2) is 77.7 Å². The molecule has 0 aliphatic rings. The third-order valence-electron chi connectivity index (χ3n) is 4.05. The molecular weight excluding hydrogens is 350 g/mol. The van der Waals surface area contributed by atoms with Gasteiger partial charge in [0.15, 0.2) is 0 Å². The van der Waals surface area contributed by atoms with E-state index in [1.807, 2.05) is 30.3 Å². The van der Waals surface area contributed by atoms with Crippen LogP contribution in [0.3, 0.4) is 0 Å². The van der Waals surface area contributed by atoms with Gasteiger partial charge < -0.3 is 5.11 Å². The van der Waals surface area contributed by atoms with Gasteiger partial charge in [-0.25, -0.2) is 18.4 Å². The van der Waals surface area contributed by atoms with Crippen molar-refractivity contribution in [2.24, 2.45) is 5.14 Å². The first-order valence-electron chi connectivity index (χ1n) is 7.87. The SMILES string of the molecule is NS(=O)(=O)c1ccc(-c2ccc(Cc3cccc(C(=O)O)c3)cc2)cc1. The summed E-state index contributed by atoms with van der Waals surface area (Å²) in [7, 11) is -3.69. The average molecular weight is 367 g/mol. The Labute approximate surface area is 151 Å². The second kappa shape index (κ2) is 7.11. The fourth-order valence-electron chi connectivity index (χ4n) is 2.70. The van der Waals surface area contributed by atoms with Crippen molar-refractivity contribution in [1.82, 2.24) is 0 Å². The molecule has 0 aliphatic carbocycles. The van der Waals surface area contributed by atoms with Gasteiger partial charge in [0, 0.05) is 0 Å². The number of hydrogen-bond acceptors (Lipinski definition) is 3. The number of carbonyl (C=O) groups is 1. The van der Waals surface area contributed by atoms with Crippen LogP contribution in [0.4, 0.5) is 0 Å². The Balaban J connectivity index is 1.78. The van der Waals surface area contributed by atoms with Gasteiger partial charge >= 0.3 is 5.97 Å². The monoisotopic (exact) mass is 367 g/mol. The lowest BCUT2D eigenvalue weighted by Crippen LogP contribution is -2.11. The molecule has 3 aromatic rings. The van der Waals surface area contributed by atoms with E-state index in [1.165, 1.54) is 12.1 Å². The Bertz CT molecular complexity index is 1040. The maximum absolute atomic E-state index is 11.3. The highest BCUT2D eigenvalue weighted by Crippen LogP contribution is 2.22. The molecule has 26 heavy (non-hydrogen) atoms. The van der Waals surface area contributed by atoms with Crippen LogP contribution < -0.4 is 5.14 Å². The fourth-order valence-corrected chi connectivity index (χ4v) is 3.22. The summed E-state index contributed by atoms with van der Waals surface area (Å²) < 4.78 is 22.6. The zero-order valence-electron chi connectivity index (χ0n) is 13.8. The standard InChI is InChI=1S/C20H17NO4S/c21-26(24,25)19-10-8-17(9-11-19)16-6-4-14(5-7-16)12-15-2-1-3-18(13-15)20(22)23/h1-11,13H,12H2,(H,22,23)(H2,21,24,25). The van der Waals surface area contributed by atoms with E-state index in [2.05, 4.69) is 0 Å². The minimum Gasteiger partial charge on any atom is -0.478 e. The van der Waals surface area contributed by atoms with Crippen LogP contribution in [0, 0.1) is 0 Å². The van der Waals surface area contributed by atoms with Crippen LogP contribution in [0.2, 0.25) is 0 Å². The van der Waals surface area contributed by atoms with E-state index in [0.29, 0.717) is 6.42 Å². The molecule has 6 heteroatoms. The van der Waals surface area contributed by atoms with Crippen molar-refractivity contribution in [2.45, 2.75) is 11.3 Å². The summed E-state index contributed by atoms with van der Waals surface area (Å²) in [5.74, 6) is -0.940. The van der Waals surface area contributed by atoms with Crippen LogP contribution >= 0.6 is 0 Å². The Morgan fingerprint density at radius 1 is 0.846 bits per heavy atom. The van der Waals surface area contributed by atoms with Crippen LogP contribution in [0.25, 0.3) is 11.1 Å². The number of aromatic carboxylic acids is 1. The molecule has 0 saturated carbocycles. The zero-order chi connectivity index (χ0) is 18.7. The number of primary sulfonamides is 1. The minimum absolute atomic E-state index is 0.0798. The molecule has 0 unspecified atom stereocenters. The Morgan fingerprint density at radius 2 is 1.42 bits per heavy atom. The summed E-state index contributed by atoms with van der Waals surface area (Å²) in [6.07, 6.45) is 0.631. The topological polar surface area (TPSA) is 97.5 Å². The first-order valence-corrected chi connectivity index (χ1v) is 9.42. The lowest BCUT2D eigenvalue weighted by atomic mass is 9.99. The predicted molar refractivity (Wildman–Crippen MR) is 99.5 cm³/mol. The largest absolute Gasteiger partial charge is 0.478 e. The van der Waals surface area contributed by atoms with Gasteiger partial charge in [0.2, 0.25) is 10.0 Å². The van der Waals surface area contributed by atoms with E-state index in [1.54, 1.807) is 30.3 Å². The zero-order valence-corrected chi connectivity index (χ0v) is 14.6. The molecule has 3 aromatic carbocycles. The molecule has 5 nitrogen and oxygen atoms in total. The van der Waals surface area contributed by atoms with Crippen molar-refractivity contribution < 1.29 is 18.3 Å². The van der Waals surface area contributed by atoms with E-state index in [0.717, 1.165) is 22.3 Å². The lowest BCUT2D eigenvalue weighted by Gasteiger charge is -2.07. The van der Waals surface area contributed by atoms with Gasteiger partial charge in [-0.2, -0.15) is 0 Å². The third-order valence-corrected chi connectivity index (χ3v) is 4.98. The first kappa shape index (κ1) is 17.8. The van der Waals surface area contributed by atoms with Crippen molar-refractivity contribution in [3.63, 3.8) is 0 Å². The summed E-state index contributed by atoms with van der Waals surface area (Å²) >= 11 is 0. The van der Waals surface area contributed by atoms with Gasteiger partial charge in [0.05, 0.1) is 10.5 Å². The van der Waals surface area contributed by atoms with Gasteiger partial charge in [0.1, 0.15) is 0 Å². The number of sulfonamides is 1. The number of carboxylic acid groups (broad SMARTS) is 1. The van der Waals surface area contributed by atoms with Crippen molar-refractivity contribution in [3.05, 3.63) is 89.5 Å². The highest BCUT2D eigenvalue weighted by atomic mass is 32.2. The van der Waals surface area contributed by atoms with E-state index >= 15 is 0 Å². The summed E-state index contributed by atoms with van der Waals surface area (Å²) in [5, 5.41) is 14.2. The summed E-state index contributed by atoms with van der Waals surface area (Å²) in [6.45, 7) is 0. The lowest BCUT2D eigenvalue weighted by molar-refractivity contribution is 0.0696. The number of nitrogens with two attached hydrogens (primary N) is 1. The summed E-state index contributed by atoms with van der Waals surface area (Å²) in [5.41, 5.74) is 4.09. The number of carboxylic acids is 1. The molecule has 3 rings (SSSR count). The average Bonchev–Trinajstić information content (AvgIpc) is 2.62. The Hall–Kier alpha value is -2.96. The van der Waals surface area contributed by atoms with Gasteiger partial charge in [-0.1, -0.05) is 48.5 Å². The highest BCUT2D eigenvalue weighted by molar-refractivity contribution is 7.89. The first-order chi connectivity index (χ1) is 12.3. The molecule has 0 aliphatic heterocycles. The van der Waals surface area contributed by atoms with E-state index < -0.39 is 16.0 Å². The van der Waals surface area contributed by atoms with Gasteiger partial charge in [0.25, 0.3) is 0 Å². The molecule has 0 aromatic heterocycles. The molecule has 0 fully saturated rings. The smallest absolute Gasteiger partial charge is 0.335 e. The number of hydrogen-bond donors (Lipinski definition) is 2. The van der Waals surface area contributed by atoms with Crippen molar-refractivity contribution >= 4 is 16.0 Å². The second-order valence-electron chi connectivity index (χ2n) is 5.95. The van der Waals surface area contributed by atoms with Crippen LogP contribution in [0.1, 0.15) is 21.5 Å². The summed E-state index contributed by atoms with van der Waals surface area (Å²) in [4.78, 5) is 11.1. The van der Waals surface area contributed by atoms with Crippen molar-refractivity contribution in [3.8, 4) is 11.1 Å². The molecule has 0 radical (unpaired) electrons. The maximum atomic E-state index is 11.3. The molecule has 132 valence electrons. The van der Waals surface area contributed by atoms with Gasteiger partial charge in [-0.05, 0) is 52.9 Å². The summed E-state index contributed by atoms with van der Waals surface area (Å²) in [6, 6.07) is 21.1. The molecule has 0 saturated heterocycles. The minimum atomic E-state index is -3.69. The number of rotatable bonds is 5. The molecule has 0 spiro atoms. The highest BCUT2D eigenvalue weighted by Gasteiger charge is 2.08. The van der Waals surface area contributed by atoms with Crippen LogP contribution in [-0.4, -0.2) is 19.5 Å². The Morgan fingerprint density at radius 3 is 1.96 bits per heavy atom. The normalized spacial score (nSPS) is 11.3. The number of benzene rings is 3. The molecule has 0 atom stereocenters. The second-order valence-corrected chi connectivity index (χ2v) is 7.51. The van der Waals surface area contributed by atoms with Crippen molar-refractivity contribution in [1.29, 1.82) is 0 Å². The third kappa shape index (κ3) is 4.17. The van der Waals surface area contributed by atoms with Crippen LogP contribution in [-0.2, 0) is 16.4 Å². The predicted octanol–water partition coefficient (Wildman–Crippen LogP) is 3.29. The maximum Gasteiger partial charge on any atom is 0.335 e. The van der Waals surface area contributed by atoms with E-state index in [4.69, 9.17) is 10.2 Å². The molecule has 0 bridgehead atoms. The quantitative estimate of drug-likeness (QED) is 0.723. The fraction of sp³-hybridized carbons (Fsp3) is 0.0500. The molecule has 0 amide bonds. The molecule has 0 heterocycles. The molecule has 3 N–H and O–H groups in total. The van der Waals surface area contributed by atoms with Gasteiger partial charge in [-0.15, -0.1) is 0 Å².